The van der Waals surface area contributed by atoms with Crippen molar-refractivity contribution in [2.75, 3.05) is 11.9 Å². The lowest BCUT2D eigenvalue weighted by molar-refractivity contribution is -0.117. The van der Waals surface area contributed by atoms with Crippen LogP contribution in [0.3, 0.4) is 0 Å². The second-order valence-electron chi connectivity index (χ2n) is 6.00. The zero-order valence-corrected chi connectivity index (χ0v) is 13.4. The minimum atomic E-state index is 0.0493. The number of thiazole rings is 1. The normalized spacial score (nSPS) is 16.8. The van der Waals surface area contributed by atoms with Crippen molar-refractivity contribution >= 4 is 28.3 Å². The molecule has 1 aromatic carbocycles. The summed E-state index contributed by atoms with van der Waals surface area (Å²) in [4.78, 5) is 31.8. The lowest BCUT2D eigenvalue weighted by Crippen LogP contribution is -2.35. The highest BCUT2D eigenvalue weighted by atomic mass is 32.1. The molecular weight excluding hydrogens is 310 g/mol. The van der Waals surface area contributed by atoms with Crippen molar-refractivity contribution in [3.8, 4) is 0 Å². The first-order chi connectivity index (χ1) is 11.2. The van der Waals surface area contributed by atoms with Gasteiger partial charge in [-0.15, -0.1) is 0 Å². The van der Waals surface area contributed by atoms with Crippen LogP contribution in [-0.2, 0) is 17.8 Å². The standard InChI is InChI=1S/C17H17N3O2S/c21-15(11-6-7-11)19-17-18-13-8-9-20(10-14(13)23-17)16(22)12-4-2-1-3-5-12/h1-5,11H,6-10H2,(H,18,19,21). The Morgan fingerprint density at radius 1 is 1.22 bits per heavy atom. The Balaban J connectivity index is 1.47. The van der Waals surface area contributed by atoms with E-state index in [9.17, 15) is 9.59 Å². The Kier molecular flexibility index (Phi) is 3.61. The van der Waals surface area contributed by atoms with Crippen LogP contribution in [0, 0.1) is 5.92 Å². The number of fused-ring (bicyclic) bond motifs is 1. The van der Waals surface area contributed by atoms with Crippen LogP contribution in [0.1, 0.15) is 33.8 Å². The van der Waals surface area contributed by atoms with Gasteiger partial charge in [0, 0.05) is 29.3 Å². The molecule has 2 amide bonds. The minimum Gasteiger partial charge on any atom is -0.333 e. The van der Waals surface area contributed by atoms with Gasteiger partial charge in [-0.05, 0) is 25.0 Å². The van der Waals surface area contributed by atoms with Crippen molar-refractivity contribution in [2.24, 2.45) is 5.92 Å². The molecule has 0 bridgehead atoms. The van der Waals surface area contributed by atoms with Gasteiger partial charge in [0.25, 0.3) is 5.91 Å². The predicted octanol–water partition coefficient (Wildman–Crippen LogP) is 2.69. The summed E-state index contributed by atoms with van der Waals surface area (Å²) in [6.45, 7) is 1.24. The van der Waals surface area contributed by atoms with E-state index >= 15 is 0 Å². The fraction of sp³-hybridized carbons (Fsp3) is 0.353. The fourth-order valence-electron chi connectivity index (χ4n) is 2.74. The van der Waals surface area contributed by atoms with Gasteiger partial charge in [-0.2, -0.15) is 0 Å². The van der Waals surface area contributed by atoms with Crippen molar-refractivity contribution in [2.45, 2.75) is 25.8 Å². The molecule has 1 fully saturated rings. The molecule has 0 unspecified atom stereocenters. The van der Waals surface area contributed by atoms with Crippen LogP contribution in [0.25, 0.3) is 0 Å². The lowest BCUT2D eigenvalue weighted by Gasteiger charge is -2.26. The van der Waals surface area contributed by atoms with Crippen LogP contribution in [0.15, 0.2) is 30.3 Å². The zero-order valence-electron chi connectivity index (χ0n) is 12.6. The van der Waals surface area contributed by atoms with Crippen molar-refractivity contribution < 1.29 is 9.59 Å². The quantitative estimate of drug-likeness (QED) is 0.943. The van der Waals surface area contributed by atoms with E-state index in [1.54, 1.807) is 0 Å². The Bertz CT molecular complexity index is 752. The zero-order chi connectivity index (χ0) is 15.8. The van der Waals surface area contributed by atoms with Gasteiger partial charge in [-0.25, -0.2) is 4.98 Å². The smallest absolute Gasteiger partial charge is 0.254 e. The van der Waals surface area contributed by atoms with E-state index < -0.39 is 0 Å². The Morgan fingerprint density at radius 2 is 2.00 bits per heavy atom. The number of rotatable bonds is 3. The molecule has 4 rings (SSSR count). The molecule has 5 nitrogen and oxygen atoms in total. The molecule has 0 atom stereocenters. The molecule has 23 heavy (non-hydrogen) atoms. The molecule has 0 saturated heterocycles. The molecule has 6 heteroatoms. The first kappa shape index (κ1) is 14.4. The van der Waals surface area contributed by atoms with E-state index in [4.69, 9.17) is 0 Å². The third-order valence-corrected chi connectivity index (χ3v) is 5.22. The molecule has 2 heterocycles. The SMILES string of the molecule is O=C(Nc1nc2c(s1)CN(C(=O)c1ccccc1)CC2)C1CC1. The van der Waals surface area contributed by atoms with E-state index in [0.717, 1.165) is 29.8 Å². The van der Waals surface area contributed by atoms with E-state index in [2.05, 4.69) is 10.3 Å². The predicted molar refractivity (Wildman–Crippen MR) is 88.4 cm³/mol. The Labute approximate surface area is 138 Å². The number of hydrogen-bond donors (Lipinski definition) is 1. The average Bonchev–Trinajstić information content (AvgIpc) is 3.35. The minimum absolute atomic E-state index is 0.0493. The van der Waals surface area contributed by atoms with E-state index in [1.807, 2.05) is 35.2 Å². The summed E-state index contributed by atoms with van der Waals surface area (Å²) in [7, 11) is 0. The Morgan fingerprint density at radius 3 is 2.74 bits per heavy atom. The van der Waals surface area contributed by atoms with Gasteiger partial charge in [-0.1, -0.05) is 29.5 Å². The maximum absolute atomic E-state index is 12.5. The van der Waals surface area contributed by atoms with E-state index in [0.29, 0.717) is 23.8 Å². The molecule has 0 radical (unpaired) electrons. The number of anilines is 1. The van der Waals surface area contributed by atoms with E-state index in [-0.39, 0.29) is 17.7 Å². The molecule has 1 saturated carbocycles. The molecule has 1 aromatic heterocycles. The maximum Gasteiger partial charge on any atom is 0.254 e. The van der Waals surface area contributed by atoms with Crippen LogP contribution < -0.4 is 5.32 Å². The number of nitrogens with one attached hydrogen (secondary N) is 1. The summed E-state index contributed by atoms with van der Waals surface area (Å²) >= 11 is 1.49. The number of carbonyl (C=O) groups is 2. The van der Waals surface area contributed by atoms with Crippen LogP contribution in [0.4, 0.5) is 5.13 Å². The summed E-state index contributed by atoms with van der Waals surface area (Å²) in [5.41, 5.74) is 1.72. The number of nitrogens with zero attached hydrogens (tertiary/aromatic N) is 2. The second kappa shape index (κ2) is 5.77. The fourth-order valence-corrected chi connectivity index (χ4v) is 3.77. The number of carbonyl (C=O) groups excluding carboxylic acids is 2. The highest BCUT2D eigenvalue weighted by molar-refractivity contribution is 7.15. The Hall–Kier alpha value is -2.21. The van der Waals surface area contributed by atoms with Crippen LogP contribution in [0.2, 0.25) is 0 Å². The first-order valence-electron chi connectivity index (χ1n) is 7.84. The third kappa shape index (κ3) is 2.99. The summed E-state index contributed by atoms with van der Waals surface area (Å²) in [5.74, 6) is 0.300. The molecular formula is C17H17N3O2S. The molecule has 0 spiro atoms. The highest BCUT2D eigenvalue weighted by Gasteiger charge is 2.31. The van der Waals surface area contributed by atoms with Crippen LogP contribution in [0.5, 0.6) is 0 Å². The number of amides is 2. The largest absolute Gasteiger partial charge is 0.333 e. The third-order valence-electron chi connectivity index (χ3n) is 4.22. The van der Waals surface area contributed by atoms with Gasteiger partial charge in [-0.3, -0.25) is 9.59 Å². The molecule has 2 aromatic rings. The summed E-state index contributed by atoms with van der Waals surface area (Å²) in [6, 6.07) is 9.34. The highest BCUT2D eigenvalue weighted by Crippen LogP contribution is 2.33. The molecule has 2 aliphatic rings. The lowest BCUT2D eigenvalue weighted by atomic mass is 10.1. The second-order valence-corrected chi connectivity index (χ2v) is 7.08. The number of hydrogen-bond acceptors (Lipinski definition) is 4. The molecule has 1 N–H and O–H groups in total. The van der Waals surface area contributed by atoms with Crippen molar-refractivity contribution in [1.29, 1.82) is 0 Å². The molecule has 1 aliphatic heterocycles. The van der Waals surface area contributed by atoms with Gasteiger partial charge in [0.15, 0.2) is 5.13 Å². The first-order valence-corrected chi connectivity index (χ1v) is 8.66. The van der Waals surface area contributed by atoms with Gasteiger partial charge in [0.05, 0.1) is 12.2 Å². The van der Waals surface area contributed by atoms with Gasteiger partial charge in [0.2, 0.25) is 5.91 Å². The van der Waals surface area contributed by atoms with Crippen LogP contribution >= 0.6 is 11.3 Å². The summed E-state index contributed by atoms with van der Waals surface area (Å²) < 4.78 is 0. The van der Waals surface area contributed by atoms with Crippen molar-refractivity contribution in [3.05, 3.63) is 46.5 Å². The van der Waals surface area contributed by atoms with Gasteiger partial charge in [0.1, 0.15) is 0 Å². The number of aromatic nitrogens is 1. The number of benzene rings is 1. The topological polar surface area (TPSA) is 62.3 Å². The van der Waals surface area contributed by atoms with Crippen molar-refractivity contribution in [3.63, 3.8) is 0 Å². The van der Waals surface area contributed by atoms with Crippen LogP contribution in [-0.4, -0.2) is 28.2 Å². The monoisotopic (exact) mass is 327 g/mol. The summed E-state index contributed by atoms with van der Waals surface area (Å²) in [5, 5.41) is 3.57. The van der Waals surface area contributed by atoms with Crippen molar-refractivity contribution in [1.82, 2.24) is 9.88 Å². The average molecular weight is 327 g/mol. The molecule has 118 valence electrons. The van der Waals surface area contributed by atoms with Gasteiger partial charge >= 0.3 is 0 Å². The molecule has 1 aliphatic carbocycles. The van der Waals surface area contributed by atoms with E-state index in [1.165, 1.54) is 11.3 Å². The van der Waals surface area contributed by atoms with Gasteiger partial charge < -0.3 is 10.2 Å². The maximum atomic E-state index is 12.5. The summed E-state index contributed by atoms with van der Waals surface area (Å²) in [6.07, 6.45) is 2.70.